The lowest BCUT2D eigenvalue weighted by molar-refractivity contribution is -0.394. The minimum atomic E-state index is -1.03. The fourth-order valence-electron chi connectivity index (χ4n) is 1.32. The molecule has 1 rings (SSSR count). The van der Waals surface area contributed by atoms with Crippen molar-refractivity contribution in [3.8, 4) is 5.75 Å². The van der Waals surface area contributed by atoms with Gasteiger partial charge in [-0.3, -0.25) is 35.1 Å². The molecular formula is C9H6IN3O7. The van der Waals surface area contributed by atoms with Crippen LogP contribution in [0.25, 0.3) is 0 Å². The van der Waals surface area contributed by atoms with E-state index in [0.717, 1.165) is 13.0 Å². The third-order valence-electron chi connectivity index (χ3n) is 2.07. The maximum atomic E-state index is 11.7. The van der Waals surface area contributed by atoms with Gasteiger partial charge in [0.1, 0.15) is 0 Å². The number of benzene rings is 1. The third kappa shape index (κ3) is 3.37. The van der Waals surface area contributed by atoms with Gasteiger partial charge in [0.05, 0.1) is 21.5 Å². The molecule has 106 valence electrons. The fourth-order valence-corrected chi connectivity index (χ4v) is 1.78. The summed E-state index contributed by atoms with van der Waals surface area (Å²) < 4.78 is 4.71. The van der Waals surface area contributed by atoms with Gasteiger partial charge in [-0.25, -0.2) is 0 Å². The van der Waals surface area contributed by atoms with Crippen LogP contribution in [0.1, 0.15) is 17.3 Å². The summed E-state index contributed by atoms with van der Waals surface area (Å²) in [6.07, 6.45) is 0. The van der Waals surface area contributed by atoms with Gasteiger partial charge in [0.2, 0.25) is 11.7 Å². The number of hydrogen-bond donors (Lipinski definition) is 1. The number of hydrogen-bond acceptors (Lipinski definition) is 7. The Labute approximate surface area is 125 Å². The van der Waals surface area contributed by atoms with Crippen molar-refractivity contribution in [2.75, 3.05) is 0 Å². The van der Waals surface area contributed by atoms with Crippen molar-refractivity contribution in [2.24, 2.45) is 0 Å². The number of non-ortho nitro benzene ring substituents is 1. The minimum absolute atomic E-state index is 0.472. The number of nitro groups is 2. The van der Waals surface area contributed by atoms with Gasteiger partial charge in [0.15, 0.2) is 23.0 Å². The molecule has 0 aliphatic rings. The fraction of sp³-hybridized carbons (Fsp3) is 0.111. The predicted octanol–water partition coefficient (Wildman–Crippen LogP) is 1.51. The van der Waals surface area contributed by atoms with Crippen LogP contribution in [0, 0.1) is 20.2 Å². The number of carbonyl (C=O) groups is 2. The van der Waals surface area contributed by atoms with Crippen LogP contribution in [-0.2, 0) is 4.79 Å². The van der Waals surface area contributed by atoms with E-state index in [-0.39, 0.29) is 0 Å². The first-order valence-corrected chi connectivity index (χ1v) is 5.73. The average Bonchev–Trinajstić information content (AvgIpc) is 2.35. The summed E-state index contributed by atoms with van der Waals surface area (Å²) in [5.74, 6) is -2.22. The zero-order valence-corrected chi connectivity index (χ0v) is 11.9. The van der Waals surface area contributed by atoms with Crippen LogP contribution in [0.15, 0.2) is 12.1 Å². The third-order valence-corrected chi connectivity index (χ3v) is 2.51. The molecule has 0 radical (unpaired) electrons. The van der Waals surface area contributed by atoms with Crippen LogP contribution >= 0.6 is 23.0 Å². The number of halogens is 1. The molecule has 1 N–H and O–H groups in total. The lowest BCUT2D eigenvalue weighted by atomic mass is 10.1. The first-order chi connectivity index (χ1) is 9.27. The van der Waals surface area contributed by atoms with Gasteiger partial charge >= 0.3 is 5.69 Å². The van der Waals surface area contributed by atoms with Gasteiger partial charge in [0, 0.05) is 13.0 Å². The topological polar surface area (TPSA) is 142 Å². The Balaban J connectivity index is 3.54. The van der Waals surface area contributed by atoms with E-state index >= 15 is 0 Å². The van der Waals surface area contributed by atoms with Gasteiger partial charge in [-0.15, -0.1) is 0 Å². The van der Waals surface area contributed by atoms with Crippen molar-refractivity contribution < 1.29 is 22.5 Å². The molecule has 0 spiro atoms. The van der Waals surface area contributed by atoms with E-state index in [1.165, 1.54) is 23.0 Å². The first-order valence-electron chi connectivity index (χ1n) is 4.85. The van der Waals surface area contributed by atoms with Crippen LogP contribution in [0.5, 0.6) is 5.75 Å². The van der Waals surface area contributed by atoms with E-state index in [1.54, 1.807) is 0 Å². The van der Waals surface area contributed by atoms with E-state index in [0.29, 0.717) is 6.07 Å². The Bertz CT molecular complexity index is 616. The normalized spacial score (nSPS) is 9.70. The summed E-state index contributed by atoms with van der Waals surface area (Å²) in [5, 5.41) is 23.4. The molecule has 0 saturated heterocycles. The molecule has 1 aromatic carbocycles. The molecule has 0 heterocycles. The zero-order valence-electron chi connectivity index (χ0n) is 9.78. The molecule has 0 aliphatic carbocycles. The van der Waals surface area contributed by atoms with Crippen LogP contribution in [0.4, 0.5) is 11.4 Å². The van der Waals surface area contributed by atoms with Gasteiger partial charge in [-0.1, -0.05) is 0 Å². The highest BCUT2D eigenvalue weighted by atomic mass is 127. The van der Waals surface area contributed by atoms with E-state index in [2.05, 4.69) is 0 Å². The highest BCUT2D eigenvalue weighted by Gasteiger charge is 2.29. The number of nitro benzene ring substituents is 2. The monoisotopic (exact) mass is 395 g/mol. The number of rotatable bonds is 4. The second-order valence-corrected chi connectivity index (χ2v) is 3.88. The van der Waals surface area contributed by atoms with Gasteiger partial charge < -0.3 is 3.07 Å². The van der Waals surface area contributed by atoms with Crippen LogP contribution in [0.3, 0.4) is 0 Å². The molecule has 1 aromatic rings. The van der Waals surface area contributed by atoms with Crippen molar-refractivity contribution in [3.05, 3.63) is 37.9 Å². The van der Waals surface area contributed by atoms with Crippen molar-refractivity contribution in [1.82, 2.24) is 5.32 Å². The molecule has 0 aromatic heterocycles. The minimum Gasteiger partial charge on any atom is -0.419 e. The summed E-state index contributed by atoms with van der Waals surface area (Å²) in [4.78, 5) is 42.3. The molecule has 0 saturated carbocycles. The molecule has 0 atom stereocenters. The molecule has 0 bridgehead atoms. The SMILES string of the molecule is CC(=O)NC(=O)c1cc([N+](=O)[O-])cc([N+](=O)[O-])c1OI. The Morgan fingerprint density at radius 2 is 1.85 bits per heavy atom. The second-order valence-electron chi connectivity index (χ2n) is 3.44. The van der Waals surface area contributed by atoms with Crippen molar-refractivity contribution in [1.29, 1.82) is 0 Å². The molecule has 10 nitrogen and oxygen atoms in total. The summed E-state index contributed by atoms with van der Waals surface area (Å²) >= 11 is 1.29. The lowest BCUT2D eigenvalue weighted by Crippen LogP contribution is -2.28. The Kier molecular flexibility index (Phi) is 4.90. The van der Waals surface area contributed by atoms with Crippen LogP contribution < -0.4 is 8.38 Å². The second kappa shape index (κ2) is 6.23. The summed E-state index contributed by atoms with van der Waals surface area (Å²) in [6.45, 7) is 1.05. The van der Waals surface area contributed by atoms with Crippen molar-refractivity contribution >= 4 is 46.2 Å². The number of nitrogens with one attached hydrogen (secondary N) is 1. The van der Waals surface area contributed by atoms with Crippen LogP contribution in [0.2, 0.25) is 0 Å². The standard InChI is InChI=1S/C9H6IN3O7/c1-4(14)11-9(15)6-2-5(12(16)17)3-7(13(18)19)8(6)20-10/h2-3H,1H3,(H,11,14,15). The van der Waals surface area contributed by atoms with E-state index < -0.39 is 44.3 Å². The first kappa shape index (κ1) is 15.7. The molecule has 0 fully saturated rings. The summed E-state index contributed by atoms with van der Waals surface area (Å²) in [7, 11) is 0. The van der Waals surface area contributed by atoms with Crippen molar-refractivity contribution in [3.63, 3.8) is 0 Å². The molecule has 0 aliphatic heterocycles. The maximum absolute atomic E-state index is 11.7. The largest absolute Gasteiger partial charge is 0.419 e. The highest BCUT2D eigenvalue weighted by Crippen LogP contribution is 2.36. The molecule has 2 amide bonds. The Morgan fingerprint density at radius 1 is 1.25 bits per heavy atom. The lowest BCUT2D eigenvalue weighted by Gasteiger charge is -2.06. The predicted molar refractivity (Wildman–Crippen MR) is 72.5 cm³/mol. The summed E-state index contributed by atoms with van der Waals surface area (Å²) in [5.41, 5.74) is -1.89. The van der Waals surface area contributed by atoms with Gasteiger partial charge in [-0.05, 0) is 0 Å². The quantitative estimate of drug-likeness (QED) is 0.463. The van der Waals surface area contributed by atoms with Gasteiger partial charge in [-0.2, -0.15) is 0 Å². The Hall–Kier alpha value is -2.31. The van der Waals surface area contributed by atoms with Crippen molar-refractivity contribution in [2.45, 2.75) is 6.92 Å². The van der Waals surface area contributed by atoms with E-state index in [9.17, 15) is 29.8 Å². The number of nitrogens with zero attached hydrogens (tertiary/aromatic N) is 2. The molecular weight excluding hydrogens is 389 g/mol. The van der Waals surface area contributed by atoms with E-state index in [1.807, 2.05) is 5.32 Å². The molecule has 20 heavy (non-hydrogen) atoms. The Morgan fingerprint density at radius 3 is 2.25 bits per heavy atom. The number of amides is 2. The molecule has 11 heteroatoms. The van der Waals surface area contributed by atoms with Gasteiger partial charge in [0.25, 0.3) is 11.6 Å². The van der Waals surface area contributed by atoms with Crippen LogP contribution in [-0.4, -0.2) is 21.7 Å². The highest BCUT2D eigenvalue weighted by molar-refractivity contribution is 14.1. The smallest absolute Gasteiger partial charge is 0.319 e. The summed E-state index contributed by atoms with van der Waals surface area (Å²) in [6, 6.07) is 1.46. The zero-order chi connectivity index (χ0) is 15.4. The molecule has 0 unspecified atom stereocenters. The van der Waals surface area contributed by atoms with E-state index in [4.69, 9.17) is 3.07 Å². The average molecular weight is 395 g/mol. The number of imide groups is 1. The number of carbonyl (C=O) groups excluding carboxylic acids is 2. The maximum Gasteiger partial charge on any atom is 0.319 e.